The lowest BCUT2D eigenvalue weighted by atomic mass is 10.0. The number of unbranched alkanes of at least 4 members (excludes halogenated alkanes) is 37. The number of carbonyl (C=O) groups is 3. The van der Waals surface area contributed by atoms with Crippen LogP contribution in [0.25, 0.3) is 0 Å². The second-order valence-corrected chi connectivity index (χ2v) is 23.4. The largest absolute Gasteiger partial charge is 0.462 e. The van der Waals surface area contributed by atoms with Crippen LogP contribution in [0.15, 0.2) is 97.2 Å². The SMILES string of the molecule is CC/C=C\C/C=C\C/C=C\C/C=C\C/C=C\C/C=C\CCCCCCCCCCCCCCC(=O)OCC(COC(=O)CCCCCCC/C=C\CCCCCCCCC)OC(=O)CCCCCCCCC/C=C\CCCCCCCC. The molecule has 0 saturated carbocycles. The topological polar surface area (TPSA) is 78.9 Å². The van der Waals surface area contributed by atoms with E-state index in [-0.39, 0.29) is 31.1 Å². The van der Waals surface area contributed by atoms with Gasteiger partial charge in [0, 0.05) is 19.3 Å². The van der Waals surface area contributed by atoms with Gasteiger partial charge in [0.05, 0.1) is 0 Å². The second-order valence-electron chi connectivity index (χ2n) is 23.4. The van der Waals surface area contributed by atoms with Crippen molar-refractivity contribution in [2.24, 2.45) is 0 Å². The first-order valence-electron chi connectivity index (χ1n) is 35.2. The van der Waals surface area contributed by atoms with Gasteiger partial charge in [0.1, 0.15) is 13.2 Å². The molecule has 0 aliphatic carbocycles. The second kappa shape index (κ2) is 69.8. The highest BCUT2D eigenvalue weighted by atomic mass is 16.6. The van der Waals surface area contributed by atoms with Crippen molar-refractivity contribution in [1.82, 2.24) is 0 Å². The molecule has 0 N–H and O–H groups in total. The third-order valence-corrected chi connectivity index (χ3v) is 15.3. The first kappa shape index (κ1) is 78.3. The van der Waals surface area contributed by atoms with Gasteiger partial charge in [-0.05, 0) is 122 Å². The molecule has 6 nitrogen and oxygen atoms in total. The van der Waals surface area contributed by atoms with Gasteiger partial charge in [0.15, 0.2) is 6.10 Å². The molecule has 0 aromatic heterocycles. The van der Waals surface area contributed by atoms with Crippen molar-refractivity contribution < 1.29 is 28.6 Å². The number of hydrogen-bond donors (Lipinski definition) is 0. The molecule has 0 rings (SSSR count). The number of allylic oxidation sites excluding steroid dienone is 16. The van der Waals surface area contributed by atoms with Crippen LogP contribution in [-0.2, 0) is 28.6 Å². The smallest absolute Gasteiger partial charge is 0.306 e. The van der Waals surface area contributed by atoms with Gasteiger partial charge in [0.25, 0.3) is 0 Å². The molecule has 0 aromatic rings. The van der Waals surface area contributed by atoms with Crippen molar-refractivity contribution in [2.45, 2.75) is 354 Å². The summed E-state index contributed by atoms with van der Waals surface area (Å²) in [4.78, 5) is 38.4. The Bertz CT molecular complexity index is 1590. The maximum Gasteiger partial charge on any atom is 0.306 e. The fraction of sp³-hybridized carbons (Fsp3) is 0.750. The van der Waals surface area contributed by atoms with E-state index in [9.17, 15) is 14.4 Å². The van der Waals surface area contributed by atoms with Gasteiger partial charge >= 0.3 is 17.9 Å². The summed E-state index contributed by atoms with van der Waals surface area (Å²) < 4.78 is 17.0. The molecule has 1 atom stereocenters. The zero-order valence-corrected chi connectivity index (χ0v) is 54.2. The van der Waals surface area contributed by atoms with Crippen LogP contribution in [0.5, 0.6) is 0 Å². The van der Waals surface area contributed by atoms with Crippen LogP contribution in [0.1, 0.15) is 348 Å². The Labute approximate surface area is 508 Å². The van der Waals surface area contributed by atoms with Crippen LogP contribution < -0.4 is 0 Å². The maximum atomic E-state index is 12.9. The summed E-state index contributed by atoms with van der Waals surface area (Å²) in [6.45, 7) is 6.55. The molecule has 0 aliphatic rings. The van der Waals surface area contributed by atoms with Gasteiger partial charge in [-0.2, -0.15) is 0 Å². The highest BCUT2D eigenvalue weighted by Crippen LogP contribution is 2.17. The van der Waals surface area contributed by atoms with Gasteiger partial charge in [-0.15, -0.1) is 0 Å². The Kier molecular flexibility index (Phi) is 66.7. The Morgan fingerprint density at radius 3 is 0.756 bits per heavy atom. The number of rotatable bonds is 64. The van der Waals surface area contributed by atoms with Gasteiger partial charge < -0.3 is 14.2 Å². The highest BCUT2D eigenvalue weighted by Gasteiger charge is 2.19. The lowest BCUT2D eigenvalue weighted by molar-refractivity contribution is -0.167. The Morgan fingerprint density at radius 1 is 0.256 bits per heavy atom. The summed E-state index contributed by atoms with van der Waals surface area (Å²) in [5, 5.41) is 0. The normalized spacial score (nSPS) is 12.7. The summed E-state index contributed by atoms with van der Waals surface area (Å²) >= 11 is 0. The van der Waals surface area contributed by atoms with Crippen LogP contribution >= 0.6 is 0 Å². The molecule has 0 bridgehead atoms. The predicted molar refractivity (Wildman–Crippen MR) is 357 cm³/mol. The van der Waals surface area contributed by atoms with Crippen molar-refractivity contribution in [3.05, 3.63) is 97.2 Å². The molecule has 6 heteroatoms. The van der Waals surface area contributed by atoms with Gasteiger partial charge in [0.2, 0.25) is 0 Å². The van der Waals surface area contributed by atoms with Crippen LogP contribution in [0.3, 0.4) is 0 Å². The van der Waals surface area contributed by atoms with E-state index in [2.05, 4.69) is 118 Å². The molecule has 1 unspecified atom stereocenters. The predicted octanol–water partition coefficient (Wildman–Crippen LogP) is 24.4. The van der Waals surface area contributed by atoms with Crippen LogP contribution in [0, 0.1) is 0 Å². The molecule has 472 valence electrons. The van der Waals surface area contributed by atoms with E-state index < -0.39 is 6.10 Å². The molecule has 0 heterocycles. The molecule has 0 aliphatic heterocycles. The molecule has 0 radical (unpaired) electrons. The molecule has 82 heavy (non-hydrogen) atoms. The van der Waals surface area contributed by atoms with E-state index >= 15 is 0 Å². The van der Waals surface area contributed by atoms with Crippen molar-refractivity contribution in [3.8, 4) is 0 Å². The summed E-state index contributed by atoms with van der Waals surface area (Å²) in [5.74, 6) is -0.879. The molecule has 0 amide bonds. The van der Waals surface area contributed by atoms with Gasteiger partial charge in [-0.3, -0.25) is 14.4 Å². The van der Waals surface area contributed by atoms with Gasteiger partial charge in [-0.1, -0.05) is 304 Å². The van der Waals surface area contributed by atoms with Crippen molar-refractivity contribution in [2.75, 3.05) is 13.2 Å². The zero-order valence-electron chi connectivity index (χ0n) is 54.2. The first-order valence-corrected chi connectivity index (χ1v) is 35.2. The molecule has 0 saturated heterocycles. The first-order chi connectivity index (χ1) is 40.5. The van der Waals surface area contributed by atoms with E-state index in [1.165, 1.54) is 205 Å². The molecular weight excluding hydrogens is 1010 g/mol. The minimum Gasteiger partial charge on any atom is -0.462 e. The lowest BCUT2D eigenvalue weighted by Crippen LogP contribution is -2.30. The molecule has 0 fully saturated rings. The maximum absolute atomic E-state index is 12.9. The monoisotopic (exact) mass is 1140 g/mol. The number of ether oxygens (including phenoxy) is 3. The number of hydrogen-bond acceptors (Lipinski definition) is 6. The highest BCUT2D eigenvalue weighted by molar-refractivity contribution is 5.71. The molecule has 0 spiro atoms. The Balaban J connectivity index is 4.28. The van der Waals surface area contributed by atoms with E-state index in [0.717, 1.165) is 103 Å². The van der Waals surface area contributed by atoms with Crippen LogP contribution in [-0.4, -0.2) is 37.2 Å². The summed E-state index contributed by atoms with van der Waals surface area (Å²) in [7, 11) is 0. The number of esters is 3. The minimum atomic E-state index is -0.785. The van der Waals surface area contributed by atoms with E-state index in [1.54, 1.807) is 0 Å². The molecular formula is C76H132O6. The fourth-order valence-corrected chi connectivity index (χ4v) is 10.0. The average molecular weight is 1140 g/mol. The minimum absolute atomic E-state index is 0.0803. The average Bonchev–Trinajstić information content (AvgIpc) is 3.48. The third kappa shape index (κ3) is 67.1. The van der Waals surface area contributed by atoms with Crippen molar-refractivity contribution in [3.63, 3.8) is 0 Å². The Morgan fingerprint density at radius 2 is 0.476 bits per heavy atom. The number of carbonyl (C=O) groups excluding carboxylic acids is 3. The standard InChI is InChI=1S/C76H132O6/c1-4-7-10-13-16-19-22-25-28-31-32-33-34-35-36-37-38-39-40-41-42-43-44-46-48-51-54-57-60-63-66-69-75(78)81-72-73(71-80-74(77)68-65-62-59-56-53-50-47-30-27-24-21-18-15-12-9-6-3)82-76(79)70-67-64-61-58-55-52-49-45-29-26-23-20-17-14-11-8-5-2/h7,10,16,19,25-26,28-30,32-33,35-36,38-39,47,73H,4-6,8-9,11-15,17-18,20-24,27,31,34,37,40-46,48-72H2,1-3H3/b10-7-,19-16-,28-25-,29-26-,33-32-,36-35-,39-38-,47-30-. The van der Waals surface area contributed by atoms with Gasteiger partial charge in [-0.25, -0.2) is 0 Å². The van der Waals surface area contributed by atoms with E-state index in [4.69, 9.17) is 14.2 Å². The van der Waals surface area contributed by atoms with Crippen LogP contribution in [0.2, 0.25) is 0 Å². The summed E-state index contributed by atoms with van der Waals surface area (Å²) in [6.07, 6.45) is 94.3. The lowest BCUT2D eigenvalue weighted by Gasteiger charge is -2.18. The molecule has 0 aromatic carbocycles. The van der Waals surface area contributed by atoms with E-state index in [0.29, 0.717) is 19.3 Å². The zero-order chi connectivity index (χ0) is 59.2. The quantitative estimate of drug-likeness (QED) is 0.0261. The van der Waals surface area contributed by atoms with E-state index in [1.807, 2.05) is 0 Å². The summed E-state index contributed by atoms with van der Waals surface area (Å²) in [5.41, 5.74) is 0. The van der Waals surface area contributed by atoms with Crippen molar-refractivity contribution in [1.29, 1.82) is 0 Å². The van der Waals surface area contributed by atoms with Crippen LogP contribution in [0.4, 0.5) is 0 Å². The Hall–Kier alpha value is -3.67. The summed E-state index contributed by atoms with van der Waals surface area (Å²) in [6, 6.07) is 0. The van der Waals surface area contributed by atoms with Crippen molar-refractivity contribution >= 4 is 17.9 Å². The third-order valence-electron chi connectivity index (χ3n) is 15.3. The fourth-order valence-electron chi connectivity index (χ4n) is 10.0.